The highest BCUT2D eigenvalue weighted by molar-refractivity contribution is 4.79. The van der Waals surface area contributed by atoms with Crippen molar-refractivity contribution in [2.24, 2.45) is 11.7 Å². The zero-order valence-corrected chi connectivity index (χ0v) is 6.86. The summed E-state index contributed by atoms with van der Waals surface area (Å²) in [5.74, 6) is 0.530. The van der Waals surface area contributed by atoms with Crippen LogP contribution in [0.1, 0.15) is 20.8 Å². The summed E-state index contributed by atoms with van der Waals surface area (Å²) in [6.45, 7) is 7.24. The Morgan fingerprint density at radius 1 is 1.56 bits per heavy atom. The quantitative estimate of drug-likeness (QED) is 0.586. The van der Waals surface area contributed by atoms with E-state index in [2.05, 4.69) is 26.1 Å². The molecule has 56 valence electrons. The van der Waals surface area contributed by atoms with E-state index in [1.807, 2.05) is 7.05 Å². The molecule has 0 aromatic carbocycles. The molecule has 0 saturated carbocycles. The van der Waals surface area contributed by atoms with Crippen molar-refractivity contribution in [2.45, 2.75) is 26.3 Å². The predicted octanol–water partition coefficient (Wildman–Crippen LogP) is 0.579. The predicted molar refractivity (Wildman–Crippen MR) is 41.4 cm³/mol. The molecule has 0 amide bonds. The van der Waals surface area contributed by atoms with Gasteiger partial charge in [0.2, 0.25) is 0 Å². The highest BCUT2D eigenvalue weighted by Crippen LogP contribution is 2.10. The number of hydrogen-bond donors (Lipinski definition) is 2. The van der Waals surface area contributed by atoms with Gasteiger partial charge in [0.15, 0.2) is 0 Å². The first kappa shape index (κ1) is 8.92. The van der Waals surface area contributed by atoms with Crippen LogP contribution in [0.15, 0.2) is 0 Å². The van der Waals surface area contributed by atoms with Gasteiger partial charge >= 0.3 is 0 Å². The van der Waals surface area contributed by atoms with Crippen LogP contribution in [0.5, 0.6) is 0 Å². The van der Waals surface area contributed by atoms with Crippen LogP contribution in [-0.2, 0) is 0 Å². The Kier molecular flexibility index (Phi) is 3.15. The Morgan fingerprint density at radius 3 is 2.11 bits per heavy atom. The van der Waals surface area contributed by atoms with Crippen LogP contribution in [-0.4, -0.2) is 19.1 Å². The Balaban J connectivity index is 3.59. The van der Waals surface area contributed by atoms with Gasteiger partial charge in [0.1, 0.15) is 0 Å². The van der Waals surface area contributed by atoms with E-state index in [-0.39, 0.29) is 5.54 Å². The SMILES string of the molecule is CNCC(C)C(C)(C)N. The largest absolute Gasteiger partial charge is 0.325 e. The number of rotatable bonds is 3. The van der Waals surface area contributed by atoms with E-state index in [9.17, 15) is 0 Å². The summed E-state index contributed by atoms with van der Waals surface area (Å²) >= 11 is 0. The van der Waals surface area contributed by atoms with Crippen molar-refractivity contribution in [3.05, 3.63) is 0 Å². The third kappa shape index (κ3) is 3.49. The van der Waals surface area contributed by atoms with Gasteiger partial charge in [-0.2, -0.15) is 0 Å². The summed E-state index contributed by atoms with van der Waals surface area (Å²) in [4.78, 5) is 0. The number of nitrogens with two attached hydrogens (primary N) is 1. The third-order valence-electron chi connectivity index (χ3n) is 1.78. The van der Waals surface area contributed by atoms with Crippen molar-refractivity contribution in [1.29, 1.82) is 0 Å². The highest BCUT2D eigenvalue weighted by Gasteiger charge is 2.18. The molecule has 0 aliphatic rings. The molecule has 0 aromatic heterocycles. The molecule has 0 rings (SSSR count). The molecule has 0 saturated heterocycles. The summed E-state index contributed by atoms with van der Waals surface area (Å²) < 4.78 is 0. The molecule has 3 N–H and O–H groups in total. The van der Waals surface area contributed by atoms with Crippen LogP contribution < -0.4 is 11.1 Å². The van der Waals surface area contributed by atoms with Gasteiger partial charge in [-0.05, 0) is 33.4 Å². The van der Waals surface area contributed by atoms with Gasteiger partial charge in [-0.25, -0.2) is 0 Å². The fraction of sp³-hybridized carbons (Fsp3) is 1.00. The Labute approximate surface area is 57.8 Å². The van der Waals surface area contributed by atoms with E-state index in [0.29, 0.717) is 5.92 Å². The standard InChI is InChI=1S/C7H18N2/c1-6(5-9-4)7(2,3)8/h6,9H,5,8H2,1-4H3. The topological polar surface area (TPSA) is 38.0 Å². The lowest BCUT2D eigenvalue weighted by atomic mass is 9.90. The zero-order chi connectivity index (χ0) is 7.49. The fourth-order valence-corrected chi connectivity index (χ4v) is 0.569. The van der Waals surface area contributed by atoms with E-state index in [4.69, 9.17) is 5.73 Å². The summed E-state index contributed by atoms with van der Waals surface area (Å²) in [6, 6.07) is 0. The molecule has 0 heterocycles. The van der Waals surface area contributed by atoms with Gasteiger partial charge < -0.3 is 11.1 Å². The third-order valence-corrected chi connectivity index (χ3v) is 1.78. The van der Waals surface area contributed by atoms with Gasteiger partial charge in [0.05, 0.1) is 0 Å². The second kappa shape index (κ2) is 3.18. The van der Waals surface area contributed by atoms with Crippen LogP contribution in [0.25, 0.3) is 0 Å². The summed E-state index contributed by atoms with van der Waals surface area (Å²) in [5, 5.41) is 3.09. The van der Waals surface area contributed by atoms with Gasteiger partial charge in [0, 0.05) is 5.54 Å². The Morgan fingerprint density at radius 2 is 2.00 bits per heavy atom. The molecule has 0 fully saturated rings. The van der Waals surface area contributed by atoms with Crippen LogP contribution in [0.3, 0.4) is 0 Å². The maximum absolute atomic E-state index is 5.83. The average Bonchev–Trinajstić information content (AvgIpc) is 1.64. The van der Waals surface area contributed by atoms with E-state index in [1.165, 1.54) is 0 Å². The number of nitrogens with one attached hydrogen (secondary N) is 1. The monoisotopic (exact) mass is 130 g/mol. The molecule has 2 heteroatoms. The van der Waals surface area contributed by atoms with Crippen LogP contribution in [0, 0.1) is 5.92 Å². The molecule has 0 radical (unpaired) electrons. The van der Waals surface area contributed by atoms with Gasteiger partial charge in [0.25, 0.3) is 0 Å². The molecule has 0 aliphatic carbocycles. The van der Waals surface area contributed by atoms with Crippen molar-refractivity contribution in [2.75, 3.05) is 13.6 Å². The molecule has 0 spiro atoms. The van der Waals surface area contributed by atoms with E-state index in [0.717, 1.165) is 6.54 Å². The maximum atomic E-state index is 5.83. The zero-order valence-electron chi connectivity index (χ0n) is 6.86. The lowest BCUT2D eigenvalue weighted by Crippen LogP contribution is -2.43. The molecule has 2 nitrogen and oxygen atoms in total. The number of hydrogen-bond acceptors (Lipinski definition) is 2. The molecule has 0 bridgehead atoms. The first-order valence-electron chi connectivity index (χ1n) is 3.42. The van der Waals surface area contributed by atoms with E-state index >= 15 is 0 Å². The van der Waals surface area contributed by atoms with Gasteiger partial charge in [-0.3, -0.25) is 0 Å². The Hall–Kier alpha value is -0.0800. The van der Waals surface area contributed by atoms with Crippen LogP contribution in [0.4, 0.5) is 0 Å². The highest BCUT2D eigenvalue weighted by atomic mass is 14.8. The average molecular weight is 130 g/mol. The summed E-state index contributed by atoms with van der Waals surface area (Å²) in [6.07, 6.45) is 0. The smallest absolute Gasteiger partial charge is 0.0135 e. The summed E-state index contributed by atoms with van der Waals surface area (Å²) in [5.41, 5.74) is 5.77. The summed E-state index contributed by atoms with van der Waals surface area (Å²) in [7, 11) is 1.95. The van der Waals surface area contributed by atoms with E-state index < -0.39 is 0 Å². The van der Waals surface area contributed by atoms with Gasteiger partial charge in [-0.15, -0.1) is 0 Å². The maximum Gasteiger partial charge on any atom is 0.0135 e. The van der Waals surface area contributed by atoms with Crippen molar-refractivity contribution in [3.8, 4) is 0 Å². The van der Waals surface area contributed by atoms with Crippen LogP contribution in [0.2, 0.25) is 0 Å². The van der Waals surface area contributed by atoms with Crippen molar-refractivity contribution in [1.82, 2.24) is 5.32 Å². The molecule has 0 aliphatic heterocycles. The lowest BCUT2D eigenvalue weighted by molar-refractivity contribution is 0.338. The second-order valence-electron chi connectivity index (χ2n) is 3.28. The minimum absolute atomic E-state index is 0.0526. The molecular formula is C7H18N2. The second-order valence-corrected chi connectivity index (χ2v) is 3.28. The first-order chi connectivity index (χ1) is 3.98. The normalized spacial score (nSPS) is 15.7. The minimum atomic E-state index is -0.0526. The molecule has 0 aromatic rings. The first-order valence-corrected chi connectivity index (χ1v) is 3.42. The van der Waals surface area contributed by atoms with Crippen molar-refractivity contribution < 1.29 is 0 Å². The van der Waals surface area contributed by atoms with Gasteiger partial charge in [-0.1, -0.05) is 6.92 Å². The molecular weight excluding hydrogens is 112 g/mol. The molecule has 1 unspecified atom stereocenters. The van der Waals surface area contributed by atoms with E-state index in [1.54, 1.807) is 0 Å². The van der Waals surface area contributed by atoms with Crippen molar-refractivity contribution >= 4 is 0 Å². The minimum Gasteiger partial charge on any atom is -0.325 e. The lowest BCUT2D eigenvalue weighted by Gasteiger charge is -2.26. The molecule has 1 atom stereocenters. The van der Waals surface area contributed by atoms with Crippen molar-refractivity contribution in [3.63, 3.8) is 0 Å². The fourth-order valence-electron chi connectivity index (χ4n) is 0.569. The molecule has 9 heavy (non-hydrogen) atoms. The Bertz CT molecular complexity index is 73.5. The van der Waals surface area contributed by atoms with Crippen LogP contribution >= 0.6 is 0 Å².